The molecule has 0 radical (unpaired) electrons. The smallest absolute Gasteiger partial charge is 0.459 e. The highest BCUT2D eigenvalue weighted by molar-refractivity contribution is 9.10. The molecule has 5 N–H and O–H groups in total. The van der Waals surface area contributed by atoms with Crippen LogP contribution in [0, 0.1) is 5.41 Å². The SMILES string of the molecule is CCC[C@H](C)OC(=O)[C@H](C)NP(=O)(OC[C@]1(CO)C/C1=C/n1cnc2c(=O)[nH]c(N)nc21)Oc1ccc(Br)cc1. The Morgan fingerprint density at radius 2 is 2.10 bits per heavy atom. The molecule has 1 saturated carbocycles. The van der Waals surface area contributed by atoms with Crippen LogP contribution in [0.5, 0.6) is 5.75 Å². The lowest BCUT2D eigenvalue weighted by molar-refractivity contribution is -0.150. The third-order valence-corrected chi connectivity index (χ3v) is 8.55. The summed E-state index contributed by atoms with van der Waals surface area (Å²) in [5, 5.41) is 12.9. The molecule has 0 saturated heterocycles. The topological polar surface area (TPSA) is 184 Å². The molecule has 2 aromatic heterocycles. The van der Waals surface area contributed by atoms with Crippen LogP contribution in [0.4, 0.5) is 5.95 Å². The minimum Gasteiger partial charge on any atom is -0.462 e. The van der Waals surface area contributed by atoms with E-state index in [9.17, 15) is 19.3 Å². The number of aliphatic hydroxyl groups excluding tert-OH is 1. The zero-order valence-corrected chi connectivity index (χ0v) is 24.8. The van der Waals surface area contributed by atoms with E-state index in [1.165, 1.54) is 17.8 Å². The van der Waals surface area contributed by atoms with Crippen molar-refractivity contribution in [1.29, 1.82) is 0 Å². The number of hydrogen-bond donors (Lipinski definition) is 4. The second-order valence-corrected chi connectivity index (χ2v) is 12.4. The van der Waals surface area contributed by atoms with E-state index in [0.29, 0.717) is 12.8 Å². The van der Waals surface area contributed by atoms with E-state index >= 15 is 0 Å². The maximum atomic E-state index is 13.9. The fraction of sp³-hybridized carbons (Fsp3) is 0.440. The van der Waals surface area contributed by atoms with Gasteiger partial charge < -0.3 is 20.1 Å². The number of aliphatic hydroxyl groups is 1. The molecule has 0 amide bonds. The third kappa shape index (κ3) is 6.99. The van der Waals surface area contributed by atoms with Gasteiger partial charge in [-0.2, -0.15) is 10.1 Å². The van der Waals surface area contributed by atoms with Crippen LogP contribution in [0.15, 0.2) is 45.4 Å². The summed E-state index contributed by atoms with van der Waals surface area (Å²) in [6.07, 6.45) is 4.73. The molecule has 2 heterocycles. The Kier molecular flexibility index (Phi) is 9.16. The number of fused-ring (bicyclic) bond motifs is 1. The van der Waals surface area contributed by atoms with Crippen molar-refractivity contribution in [3.63, 3.8) is 0 Å². The minimum absolute atomic E-state index is 0.0564. The Hall–Kier alpha value is -3.03. The Labute approximate surface area is 238 Å². The first kappa shape index (κ1) is 29.9. The number of halogens is 1. The fourth-order valence-corrected chi connectivity index (χ4v) is 5.88. The Morgan fingerprint density at radius 1 is 1.38 bits per heavy atom. The lowest BCUT2D eigenvalue weighted by Crippen LogP contribution is -2.37. The lowest BCUT2D eigenvalue weighted by Gasteiger charge is -2.25. The van der Waals surface area contributed by atoms with Crippen molar-refractivity contribution < 1.29 is 28.3 Å². The van der Waals surface area contributed by atoms with Gasteiger partial charge in [-0.25, -0.2) is 9.55 Å². The van der Waals surface area contributed by atoms with Gasteiger partial charge in [-0.3, -0.25) is 23.7 Å². The number of ether oxygens (including phenoxy) is 1. The quantitative estimate of drug-likeness (QED) is 0.158. The molecule has 216 valence electrons. The third-order valence-electron chi connectivity index (χ3n) is 6.40. The molecule has 40 heavy (non-hydrogen) atoms. The molecule has 3 aromatic rings. The summed E-state index contributed by atoms with van der Waals surface area (Å²) < 4.78 is 33.2. The van der Waals surface area contributed by atoms with E-state index < -0.39 is 30.7 Å². The predicted octanol–water partition coefficient (Wildman–Crippen LogP) is 3.60. The number of H-pyrrole nitrogens is 1. The highest BCUT2D eigenvalue weighted by Gasteiger charge is 2.51. The summed E-state index contributed by atoms with van der Waals surface area (Å²) in [6, 6.07) is 5.61. The van der Waals surface area contributed by atoms with Crippen LogP contribution in [0.2, 0.25) is 0 Å². The molecule has 0 spiro atoms. The standard InChI is InChI=1S/C25H32BrN6O7P/c1-4-5-15(2)38-23(35)16(3)31-40(36,39-19-8-6-18(26)7-9-19)37-13-25(12-33)10-17(25)11-32-14-28-20-21(32)29-24(27)30-22(20)34/h6-9,11,14-16,33H,4-5,10,12-13H2,1-3H3,(H,31,36)(H3,27,29,30,34)/b17-11-/t15-,16-,25+,40?/m0/s1. The zero-order chi connectivity index (χ0) is 29.1. The molecule has 1 aromatic carbocycles. The number of anilines is 1. The van der Waals surface area contributed by atoms with Crippen molar-refractivity contribution in [3.05, 3.63) is 51.0 Å². The highest BCUT2D eigenvalue weighted by Crippen LogP contribution is 2.56. The van der Waals surface area contributed by atoms with Gasteiger partial charge in [0.2, 0.25) is 5.95 Å². The van der Waals surface area contributed by atoms with Gasteiger partial charge in [0, 0.05) is 16.1 Å². The molecular formula is C25H32BrN6O7P. The van der Waals surface area contributed by atoms with Gasteiger partial charge >= 0.3 is 13.7 Å². The molecule has 0 aliphatic heterocycles. The molecular weight excluding hydrogens is 607 g/mol. The number of nitrogen functional groups attached to an aromatic ring is 1. The minimum atomic E-state index is -4.14. The van der Waals surface area contributed by atoms with Crippen molar-refractivity contribution in [1.82, 2.24) is 24.6 Å². The molecule has 1 unspecified atom stereocenters. The van der Waals surface area contributed by atoms with E-state index in [4.69, 9.17) is 19.5 Å². The number of aromatic amines is 1. The van der Waals surface area contributed by atoms with E-state index in [-0.39, 0.29) is 42.2 Å². The molecule has 15 heteroatoms. The van der Waals surface area contributed by atoms with Gasteiger partial charge in [0.15, 0.2) is 11.2 Å². The van der Waals surface area contributed by atoms with Gasteiger partial charge in [-0.05, 0) is 56.5 Å². The highest BCUT2D eigenvalue weighted by atomic mass is 79.9. The average Bonchev–Trinajstić information content (AvgIpc) is 3.44. The van der Waals surface area contributed by atoms with Crippen LogP contribution in [0.1, 0.15) is 40.0 Å². The first-order valence-corrected chi connectivity index (χ1v) is 15.0. The van der Waals surface area contributed by atoms with E-state index in [1.54, 1.807) is 37.4 Å². The second-order valence-electron chi connectivity index (χ2n) is 9.75. The van der Waals surface area contributed by atoms with Crippen LogP contribution in [-0.2, 0) is 18.6 Å². The van der Waals surface area contributed by atoms with Gasteiger partial charge in [0.1, 0.15) is 18.1 Å². The number of carbonyl (C=O) groups excluding carboxylic acids is 1. The van der Waals surface area contributed by atoms with Crippen LogP contribution in [0.25, 0.3) is 17.4 Å². The summed E-state index contributed by atoms with van der Waals surface area (Å²) >= 11 is 3.34. The van der Waals surface area contributed by atoms with Crippen molar-refractivity contribution in [2.75, 3.05) is 18.9 Å². The first-order chi connectivity index (χ1) is 19.0. The molecule has 1 aliphatic carbocycles. The van der Waals surface area contributed by atoms with E-state index in [2.05, 4.69) is 36.0 Å². The number of nitrogens with one attached hydrogen (secondary N) is 2. The first-order valence-electron chi connectivity index (χ1n) is 12.7. The maximum Gasteiger partial charge on any atom is 0.459 e. The van der Waals surface area contributed by atoms with Crippen LogP contribution in [0.3, 0.4) is 0 Å². The zero-order valence-electron chi connectivity index (χ0n) is 22.3. The summed E-state index contributed by atoms with van der Waals surface area (Å²) in [6.45, 7) is 4.78. The lowest BCUT2D eigenvalue weighted by atomic mass is 10.1. The van der Waals surface area contributed by atoms with Crippen LogP contribution >= 0.6 is 23.7 Å². The summed E-state index contributed by atoms with van der Waals surface area (Å²) in [4.78, 5) is 35.3. The molecule has 1 aliphatic rings. The number of hydrogen-bond acceptors (Lipinski definition) is 10. The summed E-state index contributed by atoms with van der Waals surface area (Å²) in [5.74, 6) is -0.400. The number of nitrogens with two attached hydrogens (primary N) is 1. The Bertz CT molecular complexity index is 1510. The number of benzene rings is 1. The second kappa shape index (κ2) is 12.2. The fourth-order valence-electron chi connectivity index (χ4n) is 4.04. The average molecular weight is 639 g/mol. The number of imidazole rings is 1. The molecule has 13 nitrogen and oxygen atoms in total. The van der Waals surface area contributed by atoms with Gasteiger partial charge in [-0.1, -0.05) is 29.3 Å². The Balaban J connectivity index is 1.53. The molecule has 0 bridgehead atoms. The van der Waals surface area contributed by atoms with Crippen molar-refractivity contribution in [3.8, 4) is 5.75 Å². The van der Waals surface area contributed by atoms with Gasteiger partial charge in [0.25, 0.3) is 5.56 Å². The summed E-state index contributed by atoms with van der Waals surface area (Å²) in [5.41, 5.74) is 5.44. The number of carbonyl (C=O) groups is 1. The summed E-state index contributed by atoms with van der Waals surface area (Å²) in [7, 11) is -4.14. The van der Waals surface area contributed by atoms with Crippen molar-refractivity contribution in [2.24, 2.45) is 5.41 Å². The maximum absolute atomic E-state index is 13.9. The van der Waals surface area contributed by atoms with Crippen molar-refractivity contribution in [2.45, 2.75) is 52.2 Å². The largest absolute Gasteiger partial charge is 0.462 e. The van der Waals surface area contributed by atoms with E-state index in [0.717, 1.165) is 16.5 Å². The number of aromatic nitrogens is 4. The van der Waals surface area contributed by atoms with E-state index in [1.807, 2.05) is 6.92 Å². The number of esters is 1. The van der Waals surface area contributed by atoms with Gasteiger partial charge in [0.05, 0.1) is 19.3 Å². The van der Waals surface area contributed by atoms with Crippen LogP contribution < -0.4 is 20.9 Å². The predicted molar refractivity (Wildman–Crippen MR) is 152 cm³/mol. The van der Waals surface area contributed by atoms with Crippen molar-refractivity contribution >= 4 is 53.0 Å². The number of nitrogens with zero attached hydrogens (tertiary/aromatic N) is 3. The number of rotatable bonds is 13. The molecule has 1 fully saturated rings. The van der Waals surface area contributed by atoms with Gasteiger partial charge in [-0.15, -0.1) is 0 Å². The van der Waals surface area contributed by atoms with Crippen LogP contribution in [-0.4, -0.2) is 56.0 Å². The monoisotopic (exact) mass is 638 g/mol. The molecule has 4 atom stereocenters. The Morgan fingerprint density at radius 3 is 2.77 bits per heavy atom. The normalized spacial score (nSPS) is 20.7. The molecule has 4 rings (SSSR count).